The summed E-state index contributed by atoms with van der Waals surface area (Å²) in [6.07, 6.45) is 0.327. The number of sulfone groups is 1. The highest BCUT2D eigenvalue weighted by molar-refractivity contribution is 7.90. The highest BCUT2D eigenvalue weighted by atomic mass is 35.5. The van der Waals surface area contributed by atoms with Crippen LogP contribution in [0.15, 0.2) is 53.4 Å². The van der Waals surface area contributed by atoms with E-state index in [-0.39, 0.29) is 28.1 Å². The normalized spacial score (nSPS) is 13.7. The van der Waals surface area contributed by atoms with Crippen molar-refractivity contribution in [2.75, 3.05) is 38.8 Å². The molecule has 2 rings (SSSR count). The van der Waals surface area contributed by atoms with Crippen molar-refractivity contribution in [3.05, 3.63) is 59.1 Å². The Morgan fingerprint density at radius 3 is 2.41 bits per heavy atom. The van der Waals surface area contributed by atoms with Gasteiger partial charge in [-0.3, -0.25) is 0 Å². The van der Waals surface area contributed by atoms with E-state index in [1.165, 1.54) is 18.2 Å². The van der Waals surface area contributed by atoms with Crippen LogP contribution in [-0.2, 0) is 9.84 Å². The molecule has 0 aliphatic rings. The van der Waals surface area contributed by atoms with Gasteiger partial charge in [-0.05, 0) is 37.9 Å². The van der Waals surface area contributed by atoms with Crippen LogP contribution in [-0.4, -0.2) is 57.9 Å². The molecule has 3 N–H and O–H groups in total. The van der Waals surface area contributed by atoms with Crippen molar-refractivity contribution in [3.8, 4) is 0 Å². The van der Waals surface area contributed by atoms with Crippen molar-refractivity contribution in [1.82, 2.24) is 10.2 Å². The maximum Gasteiger partial charge on any atom is 0.319 e. The molecule has 0 fully saturated rings. The number of nitrogens with zero attached hydrogens (tertiary/aromatic N) is 1. The highest BCUT2D eigenvalue weighted by Crippen LogP contribution is 2.25. The van der Waals surface area contributed by atoms with Gasteiger partial charge in [0.15, 0.2) is 9.84 Å². The van der Waals surface area contributed by atoms with Crippen LogP contribution in [0.2, 0.25) is 5.02 Å². The maximum absolute atomic E-state index is 12.3. The zero-order valence-electron chi connectivity index (χ0n) is 16.6. The van der Waals surface area contributed by atoms with Crippen molar-refractivity contribution < 1.29 is 18.3 Å². The van der Waals surface area contributed by atoms with E-state index in [0.717, 1.165) is 11.8 Å². The number of amides is 2. The molecule has 29 heavy (non-hydrogen) atoms. The van der Waals surface area contributed by atoms with Crippen LogP contribution in [0.4, 0.5) is 10.5 Å². The average Bonchev–Trinajstić information content (AvgIpc) is 2.65. The molecule has 0 aromatic heterocycles. The molecule has 0 spiro atoms. The van der Waals surface area contributed by atoms with Crippen LogP contribution in [0, 0.1) is 5.92 Å². The third-order valence-corrected chi connectivity index (χ3v) is 5.77. The van der Waals surface area contributed by atoms with E-state index in [0.29, 0.717) is 6.54 Å². The second-order valence-electron chi connectivity index (χ2n) is 7.13. The number of hydrogen-bond acceptors (Lipinski definition) is 5. The molecule has 2 amide bonds. The van der Waals surface area contributed by atoms with E-state index < -0.39 is 22.0 Å². The topological polar surface area (TPSA) is 98.7 Å². The van der Waals surface area contributed by atoms with Gasteiger partial charge in [-0.2, -0.15) is 0 Å². The van der Waals surface area contributed by atoms with Crippen LogP contribution >= 0.6 is 11.6 Å². The Bertz CT molecular complexity index is 936. The summed E-state index contributed by atoms with van der Waals surface area (Å²) < 4.78 is 23.4. The fourth-order valence-corrected chi connectivity index (χ4v) is 3.70. The van der Waals surface area contributed by atoms with Gasteiger partial charge >= 0.3 is 6.03 Å². The molecule has 0 aliphatic carbocycles. The largest absolute Gasteiger partial charge is 0.388 e. The summed E-state index contributed by atoms with van der Waals surface area (Å²) in [5, 5.41) is 16.2. The Hall–Kier alpha value is -2.13. The number of rotatable bonds is 8. The molecule has 9 heteroatoms. The zero-order chi connectivity index (χ0) is 21.6. The van der Waals surface area contributed by atoms with Crippen molar-refractivity contribution in [2.45, 2.75) is 11.0 Å². The first-order chi connectivity index (χ1) is 13.6. The lowest BCUT2D eigenvalue weighted by Crippen LogP contribution is -2.39. The maximum atomic E-state index is 12.3. The first kappa shape index (κ1) is 23.2. The van der Waals surface area contributed by atoms with Crippen LogP contribution < -0.4 is 10.6 Å². The predicted molar refractivity (Wildman–Crippen MR) is 115 cm³/mol. The van der Waals surface area contributed by atoms with Crippen molar-refractivity contribution in [1.29, 1.82) is 0 Å². The number of benzene rings is 2. The number of carbonyl (C=O) groups is 1. The molecule has 0 bridgehead atoms. The number of anilines is 1. The first-order valence-electron chi connectivity index (χ1n) is 9.00. The van der Waals surface area contributed by atoms with Crippen molar-refractivity contribution in [3.63, 3.8) is 0 Å². The summed E-state index contributed by atoms with van der Waals surface area (Å²) in [6.45, 7) is 0.768. The molecule has 2 aromatic rings. The van der Waals surface area contributed by atoms with Crippen molar-refractivity contribution >= 4 is 33.2 Å². The molecule has 158 valence electrons. The van der Waals surface area contributed by atoms with Gasteiger partial charge in [-0.25, -0.2) is 13.2 Å². The van der Waals surface area contributed by atoms with Crippen molar-refractivity contribution in [2.24, 2.45) is 5.92 Å². The molecule has 2 atom stereocenters. The lowest BCUT2D eigenvalue weighted by Gasteiger charge is -2.26. The van der Waals surface area contributed by atoms with E-state index in [2.05, 4.69) is 10.6 Å². The highest BCUT2D eigenvalue weighted by Gasteiger charge is 2.22. The minimum Gasteiger partial charge on any atom is -0.388 e. The molecule has 0 aliphatic heterocycles. The van der Waals surface area contributed by atoms with Crippen LogP contribution in [0.5, 0.6) is 0 Å². The van der Waals surface area contributed by atoms with E-state index in [9.17, 15) is 18.3 Å². The second-order valence-corrected chi connectivity index (χ2v) is 9.55. The van der Waals surface area contributed by atoms with Gasteiger partial charge in [0, 0.05) is 25.3 Å². The molecule has 0 heterocycles. The van der Waals surface area contributed by atoms with Gasteiger partial charge in [0.2, 0.25) is 0 Å². The first-order valence-corrected chi connectivity index (χ1v) is 11.3. The molecule has 0 saturated carbocycles. The summed E-state index contributed by atoms with van der Waals surface area (Å²) in [6, 6.07) is 12.8. The fourth-order valence-electron chi connectivity index (χ4n) is 2.89. The van der Waals surface area contributed by atoms with Crippen LogP contribution in [0.3, 0.4) is 0 Å². The Balaban J connectivity index is 2.07. The molecule has 0 saturated heterocycles. The Kier molecular flexibility index (Phi) is 8.04. The predicted octanol–water partition coefficient (Wildman–Crippen LogP) is 2.78. The third kappa shape index (κ3) is 7.01. The minimum atomic E-state index is -3.43. The van der Waals surface area contributed by atoms with Gasteiger partial charge in [0.25, 0.3) is 0 Å². The number of nitrogens with one attached hydrogen (secondary N) is 2. The number of halogens is 1. The summed E-state index contributed by atoms with van der Waals surface area (Å²) >= 11 is 6.07. The minimum absolute atomic E-state index is 0.0576. The number of aliphatic hydroxyl groups excluding tert-OH is 1. The number of hydrogen-bond donors (Lipinski definition) is 3. The summed E-state index contributed by atoms with van der Waals surface area (Å²) in [7, 11) is 0.352. The molecular formula is C20H26ClN3O4S. The zero-order valence-corrected chi connectivity index (χ0v) is 18.2. The molecular weight excluding hydrogens is 414 g/mol. The molecule has 0 unspecified atom stereocenters. The van der Waals surface area contributed by atoms with Gasteiger partial charge in [0.05, 0.1) is 21.7 Å². The SMILES string of the molecule is CN(C)C[C@@H](CNC(=O)Nc1cc(S(C)(=O)=O)ccc1Cl)[C@@H](O)c1ccccc1. The standard InChI is InChI=1S/C20H26ClN3O4S/c1-24(2)13-15(19(25)14-7-5-4-6-8-14)12-22-20(26)23-18-11-16(29(3,27)28)9-10-17(18)21/h4-11,15,19,25H,12-13H2,1-3H3,(H2,22,23,26)/t15-,19+/m1/s1. The Morgan fingerprint density at radius 1 is 1.17 bits per heavy atom. The van der Waals surface area contributed by atoms with E-state index in [4.69, 9.17) is 11.6 Å². The van der Waals surface area contributed by atoms with Gasteiger partial charge in [-0.15, -0.1) is 0 Å². The molecule has 7 nitrogen and oxygen atoms in total. The quantitative estimate of drug-likeness (QED) is 0.587. The van der Waals surface area contributed by atoms with Crippen LogP contribution in [0.25, 0.3) is 0 Å². The monoisotopic (exact) mass is 439 g/mol. The number of carbonyl (C=O) groups excluding carboxylic acids is 1. The van der Waals surface area contributed by atoms with Crippen LogP contribution in [0.1, 0.15) is 11.7 Å². The lowest BCUT2D eigenvalue weighted by atomic mass is 9.95. The van der Waals surface area contributed by atoms with Gasteiger partial charge < -0.3 is 20.6 Å². The fraction of sp³-hybridized carbons (Fsp3) is 0.350. The molecule has 2 aromatic carbocycles. The number of urea groups is 1. The summed E-state index contributed by atoms with van der Waals surface area (Å²) in [5.41, 5.74) is 0.963. The Labute approximate surface area is 176 Å². The third-order valence-electron chi connectivity index (χ3n) is 4.33. The van der Waals surface area contributed by atoms with E-state index in [1.54, 1.807) is 0 Å². The van der Waals surface area contributed by atoms with E-state index >= 15 is 0 Å². The summed E-state index contributed by atoms with van der Waals surface area (Å²) in [4.78, 5) is 14.3. The smallest absolute Gasteiger partial charge is 0.319 e. The second kappa shape index (κ2) is 10.1. The molecule has 0 radical (unpaired) electrons. The lowest BCUT2D eigenvalue weighted by molar-refractivity contribution is 0.0911. The van der Waals surface area contributed by atoms with E-state index in [1.807, 2.05) is 49.3 Å². The summed E-state index contributed by atoms with van der Waals surface area (Å²) in [5.74, 6) is -0.254. The number of aliphatic hydroxyl groups is 1. The Morgan fingerprint density at radius 2 is 1.83 bits per heavy atom. The van der Waals surface area contributed by atoms with Gasteiger partial charge in [0.1, 0.15) is 0 Å². The van der Waals surface area contributed by atoms with Gasteiger partial charge in [-0.1, -0.05) is 41.9 Å². The average molecular weight is 440 g/mol.